The van der Waals surface area contributed by atoms with Crippen LogP contribution in [-0.2, 0) is 4.74 Å². The first-order valence-corrected chi connectivity index (χ1v) is 7.34. The zero-order chi connectivity index (χ0) is 15.3. The molecule has 1 aliphatic rings. The third kappa shape index (κ3) is 5.64. The van der Waals surface area contributed by atoms with Crippen molar-refractivity contribution < 1.29 is 9.53 Å². The average Bonchev–Trinajstić information content (AvgIpc) is 2.29. The quantitative estimate of drug-likeness (QED) is 0.786. The molecule has 0 radical (unpaired) electrons. The summed E-state index contributed by atoms with van der Waals surface area (Å²) in [6, 6.07) is 0.606. The molecule has 0 spiro atoms. The fourth-order valence-electron chi connectivity index (χ4n) is 2.55. The lowest BCUT2D eigenvalue weighted by Gasteiger charge is -2.42. The van der Waals surface area contributed by atoms with Crippen LogP contribution in [0.15, 0.2) is 0 Å². The van der Waals surface area contributed by atoms with Gasteiger partial charge in [-0.15, -0.1) is 0 Å². The lowest BCUT2D eigenvalue weighted by Crippen LogP contribution is -2.59. The predicted molar refractivity (Wildman–Crippen MR) is 80.7 cm³/mol. The monoisotopic (exact) mass is 286 g/mol. The molecule has 6 nitrogen and oxygen atoms in total. The second-order valence-electron chi connectivity index (χ2n) is 6.62. The van der Waals surface area contributed by atoms with Gasteiger partial charge in [0.15, 0.2) is 0 Å². The normalized spacial score (nSPS) is 23.4. The van der Waals surface area contributed by atoms with Gasteiger partial charge >= 0.3 is 6.09 Å². The number of alkyl carbamates (subject to hydrolysis) is 1. The number of piperazine rings is 1. The number of ether oxygens (including phenoxy) is 1. The van der Waals surface area contributed by atoms with E-state index >= 15 is 0 Å². The van der Waals surface area contributed by atoms with Crippen LogP contribution in [0.25, 0.3) is 0 Å². The molecule has 2 unspecified atom stereocenters. The summed E-state index contributed by atoms with van der Waals surface area (Å²) in [6.07, 6.45) is -0.377. The molecule has 6 heteroatoms. The molecule has 20 heavy (non-hydrogen) atoms. The molecular formula is C14H30N4O2. The van der Waals surface area contributed by atoms with Crippen molar-refractivity contribution >= 4 is 6.09 Å². The second kappa shape index (κ2) is 7.24. The van der Waals surface area contributed by atoms with Crippen LogP contribution in [0.3, 0.4) is 0 Å². The van der Waals surface area contributed by atoms with E-state index in [0.717, 1.165) is 19.6 Å². The van der Waals surface area contributed by atoms with E-state index in [4.69, 9.17) is 10.5 Å². The highest BCUT2D eigenvalue weighted by atomic mass is 16.6. The molecular weight excluding hydrogens is 256 g/mol. The van der Waals surface area contributed by atoms with Crippen LogP contribution in [0.1, 0.15) is 27.7 Å². The summed E-state index contributed by atoms with van der Waals surface area (Å²) in [5.74, 6) is 0. The summed E-state index contributed by atoms with van der Waals surface area (Å²) in [6.45, 7) is 11.9. The Kier molecular flexibility index (Phi) is 6.23. The van der Waals surface area contributed by atoms with Crippen LogP contribution < -0.4 is 11.1 Å². The summed E-state index contributed by atoms with van der Waals surface area (Å²) in [7, 11) is 2.13. The van der Waals surface area contributed by atoms with Crippen LogP contribution in [0.2, 0.25) is 0 Å². The predicted octanol–water partition coefficient (Wildman–Crippen LogP) is 0.474. The topological polar surface area (TPSA) is 70.8 Å². The SMILES string of the molecule is CC1CN(C)CCN1C(CN)CNC(=O)OC(C)(C)C. The van der Waals surface area contributed by atoms with Gasteiger partial charge in [-0.25, -0.2) is 4.79 Å². The van der Waals surface area contributed by atoms with Gasteiger partial charge < -0.3 is 20.7 Å². The fraction of sp³-hybridized carbons (Fsp3) is 0.929. The van der Waals surface area contributed by atoms with Gasteiger partial charge in [0.1, 0.15) is 5.60 Å². The van der Waals surface area contributed by atoms with E-state index in [1.165, 1.54) is 0 Å². The first kappa shape index (κ1) is 17.2. The van der Waals surface area contributed by atoms with Crippen molar-refractivity contribution in [1.29, 1.82) is 0 Å². The molecule has 1 saturated heterocycles. The van der Waals surface area contributed by atoms with E-state index in [2.05, 4.69) is 29.1 Å². The van der Waals surface area contributed by atoms with Crippen molar-refractivity contribution in [2.75, 3.05) is 39.8 Å². The highest BCUT2D eigenvalue weighted by Gasteiger charge is 2.28. The first-order chi connectivity index (χ1) is 9.23. The molecule has 0 bridgehead atoms. The number of amides is 1. The number of rotatable bonds is 4. The van der Waals surface area contributed by atoms with Crippen molar-refractivity contribution in [3.8, 4) is 0 Å². The number of carbonyl (C=O) groups is 1. The van der Waals surface area contributed by atoms with Crippen LogP contribution >= 0.6 is 0 Å². The fourth-order valence-corrected chi connectivity index (χ4v) is 2.55. The summed E-state index contributed by atoms with van der Waals surface area (Å²) in [4.78, 5) is 16.4. The molecule has 0 aromatic carbocycles. The first-order valence-electron chi connectivity index (χ1n) is 7.34. The smallest absolute Gasteiger partial charge is 0.407 e. The minimum Gasteiger partial charge on any atom is -0.444 e. The summed E-state index contributed by atoms with van der Waals surface area (Å²) in [5, 5.41) is 2.82. The minimum absolute atomic E-state index is 0.159. The Morgan fingerprint density at radius 2 is 2.10 bits per heavy atom. The number of nitrogens with two attached hydrogens (primary N) is 1. The Balaban J connectivity index is 2.45. The second-order valence-corrected chi connectivity index (χ2v) is 6.62. The largest absolute Gasteiger partial charge is 0.444 e. The molecule has 1 fully saturated rings. The molecule has 1 rings (SSSR count). The van der Waals surface area contributed by atoms with Gasteiger partial charge in [0.05, 0.1) is 0 Å². The lowest BCUT2D eigenvalue weighted by molar-refractivity contribution is 0.0432. The molecule has 118 valence electrons. The Hall–Kier alpha value is -0.850. The number of hydrogen-bond acceptors (Lipinski definition) is 5. The van der Waals surface area contributed by atoms with Gasteiger partial charge in [-0.3, -0.25) is 4.90 Å². The zero-order valence-corrected chi connectivity index (χ0v) is 13.5. The molecule has 0 aromatic heterocycles. The Morgan fingerprint density at radius 3 is 2.60 bits per heavy atom. The number of carbonyl (C=O) groups excluding carboxylic acids is 1. The third-order valence-electron chi connectivity index (χ3n) is 3.50. The number of nitrogens with zero attached hydrogens (tertiary/aromatic N) is 2. The molecule has 1 aliphatic heterocycles. The van der Waals surface area contributed by atoms with Crippen LogP contribution in [0.5, 0.6) is 0 Å². The minimum atomic E-state index is -0.469. The summed E-state index contributed by atoms with van der Waals surface area (Å²) < 4.78 is 5.25. The maximum atomic E-state index is 11.7. The molecule has 2 atom stereocenters. The number of hydrogen-bond donors (Lipinski definition) is 2. The summed E-state index contributed by atoms with van der Waals surface area (Å²) in [5.41, 5.74) is 5.40. The zero-order valence-electron chi connectivity index (χ0n) is 13.5. The van der Waals surface area contributed by atoms with E-state index < -0.39 is 5.60 Å². The van der Waals surface area contributed by atoms with Gasteiger partial charge in [0.2, 0.25) is 0 Å². The highest BCUT2D eigenvalue weighted by Crippen LogP contribution is 2.12. The maximum Gasteiger partial charge on any atom is 0.407 e. The van der Waals surface area contributed by atoms with Gasteiger partial charge in [0.25, 0.3) is 0 Å². The van der Waals surface area contributed by atoms with E-state index in [1.807, 2.05) is 20.8 Å². The molecule has 0 aliphatic carbocycles. The van der Waals surface area contributed by atoms with Crippen molar-refractivity contribution in [3.05, 3.63) is 0 Å². The third-order valence-corrected chi connectivity index (χ3v) is 3.50. The maximum absolute atomic E-state index is 11.7. The van der Waals surface area contributed by atoms with E-state index in [0.29, 0.717) is 19.1 Å². The number of likely N-dealkylation sites (N-methyl/N-ethyl adjacent to an activating group) is 1. The van der Waals surface area contributed by atoms with E-state index in [1.54, 1.807) is 0 Å². The molecule has 1 amide bonds. The van der Waals surface area contributed by atoms with E-state index in [-0.39, 0.29) is 12.1 Å². The van der Waals surface area contributed by atoms with Gasteiger partial charge in [-0.2, -0.15) is 0 Å². The van der Waals surface area contributed by atoms with Gasteiger partial charge in [-0.1, -0.05) is 0 Å². The molecule has 0 saturated carbocycles. The summed E-state index contributed by atoms with van der Waals surface area (Å²) >= 11 is 0. The number of nitrogens with one attached hydrogen (secondary N) is 1. The molecule has 3 N–H and O–H groups in total. The van der Waals surface area contributed by atoms with Crippen LogP contribution in [0, 0.1) is 0 Å². The molecule has 1 heterocycles. The van der Waals surface area contributed by atoms with Crippen molar-refractivity contribution in [1.82, 2.24) is 15.1 Å². The average molecular weight is 286 g/mol. The van der Waals surface area contributed by atoms with E-state index in [9.17, 15) is 4.79 Å². The van der Waals surface area contributed by atoms with Gasteiger partial charge in [-0.05, 0) is 34.7 Å². The standard InChI is InChI=1S/C14H30N4O2/c1-11-10-17(5)6-7-18(11)12(8-15)9-16-13(19)20-14(2,3)4/h11-12H,6-10,15H2,1-5H3,(H,16,19). The lowest BCUT2D eigenvalue weighted by atomic mass is 10.1. The van der Waals surface area contributed by atoms with Gasteiger partial charge in [0, 0.05) is 44.8 Å². The van der Waals surface area contributed by atoms with Crippen LogP contribution in [-0.4, -0.2) is 73.3 Å². The Labute approximate surface area is 122 Å². The Morgan fingerprint density at radius 1 is 1.45 bits per heavy atom. The molecule has 0 aromatic rings. The van der Waals surface area contributed by atoms with Crippen molar-refractivity contribution in [2.45, 2.75) is 45.4 Å². The van der Waals surface area contributed by atoms with Crippen molar-refractivity contribution in [2.24, 2.45) is 5.73 Å². The van der Waals surface area contributed by atoms with Crippen molar-refractivity contribution in [3.63, 3.8) is 0 Å². The Bertz CT molecular complexity index is 317. The highest BCUT2D eigenvalue weighted by molar-refractivity contribution is 5.67. The van der Waals surface area contributed by atoms with Crippen LogP contribution in [0.4, 0.5) is 4.79 Å².